The van der Waals surface area contributed by atoms with Gasteiger partial charge in [-0.2, -0.15) is 5.10 Å². The molecule has 176 valence electrons. The lowest BCUT2D eigenvalue weighted by atomic mass is 10.0. The second-order valence-electron chi connectivity index (χ2n) is 7.60. The number of nitrogens with zero attached hydrogens (tertiary/aromatic N) is 3. The highest BCUT2D eigenvalue weighted by molar-refractivity contribution is 7.13. The van der Waals surface area contributed by atoms with Crippen LogP contribution in [0.25, 0.3) is 10.6 Å². The van der Waals surface area contributed by atoms with Crippen LogP contribution in [0.5, 0.6) is 5.75 Å². The molecule has 1 aliphatic heterocycles. The fourth-order valence-electron chi connectivity index (χ4n) is 3.63. The molecule has 1 saturated heterocycles. The van der Waals surface area contributed by atoms with E-state index in [1.54, 1.807) is 11.7 Å². The number of benzene rings is 1. The number of nitrogens with two attached hydrogens (primary N) is 1. The van der Waals surface area contributed by atoms with Gasteiger partial charge in [-0.05, 0) is 12.8 Å². The van der Waals surface area contributed by atoms with Crippen LogP contribution in [0.4, 0.5) is 18.9 Å². The number of carbonyl (C=O) groups is 1. The number of anilines is 1. The molecular weight excluding hydrogens is 459 g/mol. The summed E-state index contributed by atoms with van der Waals surface area (Å²) >= 11 is 0.930. The Morgan fingerprint density at radius 1 is 1.33 bits per heavy atom. The van der Waals surface area contributed by atoms with E-state index in [4.69, 9.17) is 15.2 Å². The van der Waals surface area contributed by atoms with Gasteiger partial charge in [-0.25, -0.2) is 18.2 Å². The monoisotopic (exact) mass is 481 g/mol. The summed E-state index contributed by atoms with van der Waals surface area (Å²) in [5.74, 6) is -2.25. The molecule has 0 spiro atoms. The van der Waals surface area contributed by atoms with Gasteiger partial charge in [0, 0.05) is 30.6 Å². The zero-order valence-electron chi connectivity index (χ0n) is 17.8. The van der Waals surface area contributed by atoms with Crippen LogP contribution in [0.15, 0.2) is 23.7 Å². The van der Waals surface area contributed by atoms with Gasteiger partial charge in [0.1, 0.15) is 40.4 Å². The first-order chi connectivity index (χ1) is 15.8. The van der Waals surface area contributed by atoms with Crippen molar-refractivity contribution in [3.05, 3.63) is 46.7 Å². The molecule has 12 heteroatoms. The van der Waals surface area contributed by atoms with E-state index in [1.807, 2.05) is 0 Å². The molecule has 0 bridgehead atoms. The molecule has 1 aromatic carbocycles. The molecule has 1 amide bonds. The molecule has 3 atom stereocenters. The number of aryl methyl sites for hydroxylation is 1. The average molecular weight is 482 g/mol. The molecule has 4 rings (SSSR count). The summed E-state index contributed by atoms with van der Waals surface area (Å²) in [4.78, 5) is 16.9. The highest BCUT2D eigenvalue weighted by Gasteiger charge is 2.30. The van der Waals surface area contributed by atoms with E-state index in [1.165, 1.54) is 18.7 Å². The van der Waals surface area contributed by atoms with Crippen molar-refractivity contribution in [3.8, 4) is 16.3 Å². The summed E-state index contributed by atoms with van der Waals surface area (Å²) in [5, 5.41) is 8.29. The second kappa shape index (κ2) is 9.49. The topological polar surface area (TPSA) is 104 Å². The third-order valence-electron chi connectivity index (χ3n) is 5.42. The van der Waals surface area contributed by atoms with Crippen molar-refractivity contribution in [2.75, 3.05) is 19.0 Å². The number of hydrogen-bond donors (Lipinski definition) is 2. The number of amides is 1. The number of aromatic nitrogens is 3. The van der Waals surface area contributed by atoms with Gasteiger partial charge in [-0.1, -0.05) is 0 Å². The van der Waals surface area contributed by atoms with Gasteiger partial charge in [-0.15, -0.1) is 11.3 Å². The number of hydrogen-bond acceptors (Lipinski definition) is 7. The first-order valence-corrected chi connectivity index (χ1v) is 11.0. The first kappa shape index (κ1) is 23.2. The van der Waals surface area contributed by atoms with Crippen LogP contribution in [0, 0.1) is 11.6 Å². The molecule has 2 aromatic heterocycles. The van der Waals surface area contributed by atoms with E-state index in [0.717, 1.165) is 23.5 Å². The normalized spacial score (nSPS) is 21.0. The number of halogens is 3. The lowest BCUT2D eigenvalue weighted by Crippen LogP contribution is -2.32. The summed E-state index contributed by atoms with van der Waals surface area (Å²) in [6.07, 6.45) is 0.547. The molecule has 3 N–H and O–H groups in total. The number of rotatable bonds is 5. The van der Waals surface area contributed by atoms with Gasteiger partial charge in [0.15, 0.2) is 0 Å². The van der Waals surface area contributed by atoms with E-state index < -0.39 is 35.9 Å². The third-order valence-corrected chi connectivity index (χ3v) is 6.28. The Labute approximate surface area is 191 Å². The lowest BCUT2D eigenvalue weighted by Gasteiger charge is -2.17. The molecule has 3 aromatic rings. The summed E-state index contributed by atoms with van der Waals surface area (Å²) in [7, 11) is 2.99. The highest BCUT2D eigenvalue weighted by atomic mass is 32.1. The minimum absolute atomic E-state index is 0.0132. The van der Waals surface area contributed by atoms with Crippen molar-refractivity contribution >= 4 is 22.9 Å². The second-order valence-corrected chi connectivity index (χ2v) is 8.46. The fourth-order valence-corrected chi connectivity index (χ4v) is 4.48. The molecule has 0 saturated carbocycles. The average Bonchev–Trinajstić information content (AvgIpc) is 3.36. The molecule has 3 heterocycles. The van der Waals surface area contributed by atoms with E-state index in [2.05, 4.69) is 15.4 Å². The number of nitrogens with one attached hydrogen (secondary N) is 1. The van der Waals surface area contributed by atoms with Crippen LogP contribution < -0.4 is 15.8 Å². The maximum atomic E-state index is 14.4. The van der Waals surface area contributed by atoms with Crippen LogP contribution in [0.3, 0.4) is 0 Å². The Morgan fingerprint density at radius 2 is 2.06 bits per heavy atom. The van der Waals surface area contributed by atoms with Gasteiger partial charge >= 0.3 is 0 Å². The molecule has 1 aliphatic rings. The number of methoxy groups -OCH3 is 1. The molecule has 0 unspecified atom stereocenters. The molecule has 0 aliphatic carbocycles. The van der Waals surface area contributed by atoms with Gasteiger partial charge in [0.05, 0.1) is 36.9 Å². The predicted molar refractivity (Wildman–Crippen MR) is 116 cm³/mol. The van der Waals surface area contributed by atoms with Gasteiger partial charge in [-0.3, -0.25) is 9.48 Å². The maximum absolute atomic E-state index is 14.4. The van der Waals surface area contributed by atoms with Crippen LogP contribution >= 0.6 is 11.3 Å². The van der Waals surface area contributed by atoms with Crippen molar-refractivity contribution in [3.63, 3.8) is 0 Å². The predicted octanol–water partition coefficient (Wildman–Crippen LogP) is 3.60. The van der Waals surface area contributed by atoms with Crippen LogP contribution in [-0.4, -0.2) is 46.6 Å². The van der Waals surface area contributed by atoms with Crippen molar-refractivity contribution in [1.29, 1.82) is 0 Å². The van der Waals surface area contributed by atoms with Gasteiger partial charge < -0.3 is 20.5 Å². The van der Waals surface area contributed by atoms with Crippen LogP contribution in [0.1, 0.15) is 35.1 Å². The van der Waals surface area contributed by atoms with Crippen LogP contribution in [-0.2, 0) is 11.8 Å². The summed E-state index contributed by atoms with van der Waals surface area (Å²) in [6.45, 7) is -0.154. The number of ether oxygens (including phenoxy) is 2. The Kier molecular flexibility index (Phi) is 6.68. The highest BCUT2D eigenvalue weighted by Crippen LogP contribution is 2.34. The van der Waals surface area contributed by atoms with Crippen molar-refractivity contribution in [1.82, 2.24) is 14.8 Å². The third kappa shape index (κ3) is 4.72. The minimum atomic E-state index is -1.27. The Bertz CT molecular complexity index is 1130. The lowest BCUT2D eigenvalue weighted by molar-refractivity contribution is 0.0247. The van der Waals surface area contributed by atoms with Gasteiger partial charge in [0.2, 0.25) is 0 Å². The zero-order chi connectivity index (χ0) is 23.7. The smallest absolute Gasteiger partial charge is 0.275 e. The quantitative estimate of drug-likeness (QED) is 0.577. The summed E-state index contributed by atoms with van der Waals surface area (Å²) in [5.41, 5.74) is 6.37. The zero-order valence-corrected chi connectivity index (χ0v) is 18.7. The van der Waals surface area contributed by atoms with E-state index >= 15 is 0 Å². The molecule has 1 fully saturated rings. The molecular formula is C21H22F3N5O3S. The molecule has 8 nitrogen and oxygen atoms in total. The molecule has 33 heavy (non-hydrogen) atoms. The minimum Gasteiger partial charge on any atom is -0.497 e. The van der Waals surface area contributed by atoms with Gasteiger partial charge in [0.25, 0.3) is 5.91 Å². The number of alkyl halides is 1. The van der Waals surface area contributed by atoms with Crippen molar-refractivity contribution in [2.45, 2.75) is 31.2 Å². The molecule has 0 radical (unpaired) electrons. The SMILES string of the molecule is COc1cc(F)c(-c2nc(C(=O)Nc3cnn(C)c3[C@@H]3CC[C@@H](N)[C@H](F)CO3)cs2)c(F)c1. The fraction of sp³-hybridized carbons (Fsp3) is 0.381. The maximum Gasteiger partial charge on any atom is 0.275 e. The Morgan fingerprint density at radius 3 is 2.76 bits per heavy atom. The standard InChI is InChI=1S/C21H22F3N5O3S/c1-29-19(17-4-3-14(25)13(24)8-32-17)15(7-26-29)27-20(30)16-9-33-21(28-16)18-11(22)5-10(31-2)6-12(18)23/h5-7,9,13-14,17H,3-4,8,25H2,1-2H3,(H,27,30)/t13-,14-,17+/m1/s1. The summed E-state index contributed by atoms with van der Waals surface area (Å²) < 4.78 is 54.7. The van der Waals surface area contributed by atoms with Crippen molar-refractivity contribution < 1.29 is 27.4 Å². The van der Waals surface area contributed by atoms with Crippen molar-refractivity contribution in [2.24, 2.45) is 12.8 Å². The first-order valence-electron chi connectivity index (χ1n) is 10.1. The van der Waals surface area contributed by atoms with Crippen LogP contribution in [0.2, 0.25) is 0 Å². The van der Waals surface area contributed by atoms with E-state index in [0.29, 0.717) is 24.2 Å². The number of carbonyl (C=O) groups excluding carboxylic acids is 1. The Balaban J connectivity index is 1.55. The van der Waals surface area contributed by atoms with E-state index in [-0.39, 0.29) is 28.6 Å². The largest absolute Gasteiger partial charge is 0.497 e. The van der Waals surface area contributed by atoms with E-state index in [9.17, 15) is 18.0 Å². The summed E-state index contributed by atoms with van der Waals surface area (Å²) in [6, 6.07) is 1.47. The Hall–Kier alpha value is -2.96. The number of thiazole rings is 1.